The zero-order valence-electron chi connectivity index (χ0n) is 19.4. The predicted molar refractivity (Wildman–Crippen MR) is 117 cm³/mol. The highest BCUT2D eigenvalue weighted by molar-refractivity contribution is 5.79. The number of nitrogens with zero attached hydrogens (tertiary/aromatic N) is 1. The van der Waals surface area contributed by atoms with Crippen LogP contribution in [0.25, 0.3) is 0 Å². The molecule has 0 radical (unpaired) electrons. The van der Waals surface area contributed by atoms with Crippen LogP contribution in [0.15, 0.2) is 12.2 Å². The van der Waals surface area contributed by atoms with Gasteiger partial charge in [0.05, 0.1) is 38.5 Å². The number of carbonyl (C=O) groups is 3. The summed E-state index contributed by atoms with van der Waals surface area (Å²) in [6.07, 6.45) is 6.08. The van der Waals surface area contributed by atoms with Crippen LogP contribution in [0.3, 0.4) is 0 Å². The Bertz CT molecular complexity index is 598. The summed E-state index contributed by atoms with van der Waals surface area (Å²) in [6, 6.07) is 0.105. The number of amides is 2. The number of ether oxygens (including phenoxy) is 4. The van der Waals surface area contributed by atoms with Gasteiger partial charge in [0.2, 0.25) is 11.8 Å². The Labute approximate surface area is 190 Å². The van der Waals surface area contributed by atoms with Crippen LogP contribution in [0.5, 0.6) is 0 Å². The molecule has 0 aliphatic carbocycles. The summed E-state index contributed by atoms with van der Waals surface area (Å²) in [4.78, 5) is 35.0. The maximum Gasteiger partial charge on any atom is 0.332 e. The molecule has 2 saturated heterocycles. The summed E-state index contributed by atoms with van der Waals surface area (Å²) in [5.74, 6) is -0.195. The molecule has 0 spiro atoms. The van der Waals surface area contributed by atoms with Gasteiger partial charge in [0.15, 0.2) is 6.29 Å². The molecule has 10 heteroatoms. The zero-order valence-corrected chi connectivity index (χ0v) is 19.4. The molecule has 10 nitrogen and oxygen atoms in total. The van der Waals surface area contributed by atoms with Gasteiger partial charge in [-0.05, 0) is 33.6 Å². The fraction of sp³-hybridized carbons (Fsp3) is 0.773. The van der Waals surface area contributed by atoms with Gasteiger partial charge in [-0.2, -0.15) is 0 Å². The number of carbonyl (C=O) groups excluding carboxylic acids is 3. The highest BCUT2D eigenvalue weighted by Crippen LogP contribution is 2.17. The number of hydrogen-bond donors (Lipinski definition) is 2. The van der Waals surface area contributed by atoms with Gasteiger partial charge >= 0.3 is 5.97 Å². The second kappa shape index (κ2) is 16.6. The largest absolute Gasteiger partial charge is 0.464 e. The first-order valence-corrected chi connectivity index (χ1v) is 11.2. The smallest absolute Gasteiger partial charge is 0.332 e. The van der Waals surface area contributed by atoms with Gasteiger partial charge in [0.25, 0.3) is 0 Å². The van der Waals surface area contributed by atoms with Crippen molar-refractivity contribution in [1.82, 2.24) is 10.2 Å². The van der Waals surface area contributed by atoms with Crippen molar-refractivity contribution in [1.29, 1.82) is 0 Å². The number of aliphatic hydroxyl groups is 1. The number of hydrogen-bond acceptors (Lipinski definition) is 8. The Balaban J connectivity index is 0.000000343. The van der Waals surface area contributed by atoms with Crippen LogP contribution in [0.2, 0.25) is 0 Å². The monoisotopic (exact) mass is 458 g/mol. The fourth-order valence-corrected chi connectivity index (χ4v) is 3.24. The molecule has 184 valence electrons. The molecule has 0 aromatic carbocycles. The lowest BCUT2D eigenvalue weighted by Crippen LogP contribution is -2.35. The van der Waals surface area contributed by atoms with E-state index in [0.717, 1.165) is 6.42 Å². The van der Waals surface area contributed by atoms with Gasteiger partial charge in [-0.15, -0.1) is 0 Å². The SMILES string of the molecule is CCOC(=O)COC/C=C\CN1C(=O)CC[C@@H]1CO.CCOC(C)OC[C@H]1CCC(=O)N1. The first kappa shape index (κ1) is 28.0. The molecule has 2 N–H and O–H groups in total. The van der Waals surface area contributed by atoms with Crippen LogP contribution in [0, 0.1) is 0 Å². The van der Waals surface area contributed by atoms with Crippen molar-refractivity contribution in [3.8, 4) is 0 Å². The molecule has 2 aliphatic rings. The van der Waals surface area contributed by atoms with Crippen molar-refractivity contribution < 1.29 is 38.4 Å². The maximum atomic E-state index is 11.5. The Morgan fingerprint density at radius 2 is 1.97 bits per heavy atom. The highest BCUT2D eigenvalue weighted by atomic mass is 16.7. The van der Waals surface area contributed by atoms with E-state index in [0.29, 0.717) is 52.2 Å². The molecule has 0 saturated carbocycles. The molecule has 2 aliphatic heterocycles. The van der Waals surface area contributed by atoms with E-state index in [1.54, 1.807) is 24.0 Å². The summed E-state index contributed by atoms with van der Waals surface area (Å²) in [5.41, 5.74) is 0. The minimum atomic E-state index is -0.383. The van der Waals surface area contributed by atoms with Crippen molar-refractivity contribution in [3.63, 3.8) is 0 Å². The molecular formula is C22H38N2O8. The zero-order chi connectivity index (χ0) is 23.8. The Morgan fingerprint density at radius 3 is 2.59 bits per heavy atom. The first-order valence-electron chi connectivity index (χ1n) is 11.2. The highest BCUT2D eigenvalue weighted by Gasteiger charge is 2.29. The Morgan fingerprint density at radius 1 is 1.19 bits per heavy atom. The maximum absolute atomic E-state index is 11.5. The summed E-state index contributed by atoms with van der Waals surface area (Å²) < 4.78 is 20.4. The van der Waals surface area contributed by atoms with E-state index >= 15 is 0 Å². The van der Waals surface area contributed by atoms with E-state index in [2.05, 4.69) is 5.32 Å². The first-order chi connectivity index (χ1) is 15.4. The van der Waals surface area contributed by atoms with Crippen LogP contribution in [0.1, 0.15) is 46.5 Å². The Kier molecular flexibility index (Phi) is 14.5. The minimum Gasteiger partial charge on any atom is -0.464 e. The van der Waals surface area contributed by atoms with Gasteiger partial charge in [-0.3, -0.25) is 9.59 Å². The van der Waals surface area contributed by atoms with Crippen molar-refractivity contribution >= 4 is 17.8 Å². The van der Waals surface area contributed by atoms with Crippen LogP contribution in [0.4, 0.5) is 0 Å². The van der Waals surface area contributed by atoms with E-state index in [1.807, 2.05) is 13.8 Å². The standard InChI is InChI=1S/C13H21NO5.C9H17NO3/c1-2-19-13(17)10-18-8-4-3-7-14-11(9-15)5-6-12(14)16;1-3-12-7(2)13-6-8-4-5-9(11)10-8/h3-4,11,15H,2,5-10H2,1H3;7-8H,3-6H2,1-2H3,(H,10,11)/b4-3-;/t11-;7?,8-/m11/s1. The number of likely N-dealkylation sites (tertiary alicyclic amines) is 1. The Hall–Kier alpha value is -2.01. The van der Waals surface area contributed by atoms with Gasteiger partial charge in [-0.25, -0.2) is 4.79 Å². The van der Waals surface area contributed by atoms with Gasteiger partial charge < -0.3 is 34.3 Å². The van der Waals surface area contributed by atoms with Gasteiger partial charge in [0, 0.05) is 26.0 Å². The fourth-order valence-electron chi connectivity index (χ4n) is 3.24. The number of esters is 1. The van der Waals surface area contributed by atoms with E-state index in [9.17, 15) is 14.4 Å². The van der Waals surface area contributed by atoms with Crippen LogP contribution < -0.4 is 5.32 Å². The molecule has 0 aromatic rings. The molecule has 2 fully saturated rings. The van der Waals surface area contributed by atoms with Crippen LogP contribution >= 0.6 is 0 Å². The van der Waals surface area contributed by atoms with Gasteiger partial charge in [-0.1, -0.05) is 12.2 Å². The predicted octanol–water partition coefficient (Wildman–Crippen LogP) is 0.770. The quantitative estimate of drug-likeness (QED) is 0.180. The molecule has 0 bridgehead atoms. The molecule has 0 aromatic heterocycles. The lowest BCUT2D eigenvalue weighted by molar-refractivity contribution is -0.148. The third kappa shape index (κ3) is 11.6. The third-order valence-electron chi connectivity index (χ3n) is 4.89. The van der Waals surface area contributed by atoms with Gasteiger partial charge in [0.1, 0.15) is 6.61 Å². The van der Waals surface area contributed by atoms with Crippen molar-refractivity contribution in [3.05, 3.63) is 12.2 Å². The van der Waals surface area contributed by atoms with Crippen molar-refractivity contribution in [2.24, 2.45) is 0 Å². The lowest BCUT2D eigenvalue weighted by atomic mass is 10.2. The average molecular weight is 459 g/mol. The van der Waals surface area contributed by atoms with E-state index in [1.165, 1.54) is 0 Å². The van der Waals surface area contributed by atoms with E-state index in [-0.39, 0.29) is 49.4 Å². The molecule has 2 amide bonds. The normalized spacial score (nSPS) is 21.4. The third-order valence-corrected chi connectivity index (χ3v) is 4.89. The number of aliphatic hydroxyl groups excluding tert-OH is 1. The van der Waals surface area contributed by atoms with Crippen LogP contribution in [-0.4, -0.2) is 92.3 Å². The summed E-state index contributed by atoms with van der Waals surface area (Å²) in [6.45, 7) is 7.76. The topological polar surface area (TPSA) is 124 Å². The number of nitrogens with one attached hydrogen (secondary N) is 1. The second-order valence-corrected chi connectivity index (χ2v) is 7.37. The average Bonchev–Trinajstić information content (AvgIpc) is 3.35. The molecule has 2 rings (SSSR count). The van der Waals surface area contributed by atoms with E-state index < -0.39 is 0 Å². The molecule has 2 heterocycles. The minimum absolute atomic E-state index is 0.00105. The summed E-state index contributed by atoms with van der Waals surface area (Å²) in [5, 5.41) is 11.9. The molecule has 32 heavy (non-hydrogen) atoms. The lowest BCUT2D eigenvalue weighted by Gasteiger charge is -2.21. The van der Waals surface area contributed by atoms with Crippen molar-refractivity contribution in [2.75, 3.05) is 46.2 Å². The molecule has 1 unspecified atom stereocenters. The van der Waals surface area contributed by atoms with Crippen LogP contribution in [-0.2, 0) is 33.3 Å². The summed E-state index contributed by atoms with van der Waals surface area (Å²) >= 11 is 0. The molecule has 3 atom stereocenters. The van der Waals surface area contributed by atoms with Crippen molar-refractivity contribution in [2.45, 2.75) is 64.8 Å². The molecular weight excluding hydrogens is 420 g/mol. The summed E-state index contributed by atoms with van der Waals surface area (Å²) in [7, 11) is 0. The second-order valence-electron chi connectivity index (χ2n) is 7.37. The number of rotatable bonds is 13. The van der Waals surface area contributed by atoms with E-state index in [4.69, 9.17) is 24.1 Å².